The summed E-state index contributed by atoms with van der Waals surface area (Å²) < 4.78 is 0. The second kappa shape index (κ2) is 23.6. The van der Waals surface area contributed by atoms with E-state index < -0.39 is 0 Å². The summed E-state index contributed by atoms with van der Waals surface area (Å²) in [6, 6.07) is 82.1. The van der Waals surface area contributed by atoms with Crippen LogP contribution in [0.5, 0.6) is 0 Å². The Kier molecular flexibility index (Phi) is 17.4. The molecule has 300 valence electrons. The van der Waals surface area contributed by atoms with E-state index in [0.717, 1.165) is 0 Å². The predicted molar refractivity (Wildman–Crippen MR) is 265 cm³/mol. The SMILES string of the molecule is C.C/C(=C(\C(=C(/C)c1ccc(-c2ccccc2)cc1)c1ccccc1)c1ccccc1)c1ccc(-c2ccccc2)cc1.CC.c1ccc(CCCc2ccccc2)cc1. The quantitative estimate of drug-likeness (QED) is 0.0906. The van der Waals surface area contributed by atoms with Gasteiger partial charge in [0.15, 0.2) is 0 Å². The van der Waals surface area contributed by atoms with Crippen LogP contribution in [0.4, 0.5) is 0 Å². The van der Waals surface area contributed by atoms with Gasteiger partial charge in [0.1, 0.15) is 0 Å². The van der Waals surface area contributed by atoms with Crippen molar-refractivity contribution in [3.63, 3.8) is 0 Å². The summed E-state index contributed by atoms with van der Waals surface area (Å²) in [5.41, 5.74) is 17.6. The number of allylic oxidation sites excluding steroid dienone is 4. The molecule has 0 fully saturated rings. The Labute approximate surface area is 361 Å². The molecule has 0 aliphatic carbocycles. The molecule has 0 saturated carbocycles. The van der Waals surface area contributed by atoms with E-state index in [4.69, 9.17) is 0 Å². The first-order chi connectivity index (χ1) is 29.1. The molecule has 8 aromatic rings. The summed E-state index contributed by atoms with van der Waals surface area (Å²) >= 11 is 0. The van der Waals surface area contributed by atoms with Gasteiger partial charge in [0.25, 0.3) is 0 Å². The van der Waals surface area contributed by atoms with Crippen molar-refractivity contribution in [3.8, 4) is 22.3 Å². The molecule has 0 heteroatoms. The van der Waals surface area contributed by atoms with Crippen molar-refractivity contribution in [3.05, 3.63) is 264 Å². The Morgan fingerprint density at radius 3 is 0.833 bits per heavy atom. The highest BCUT2D eigenvalue weighted by atomic mass is 14.2. The third-order valence-corrected chi connectivity index (χ3v) is 10.6. The zero-order chi connectivity index (χ0) is 41.1. The van der Waals surface area contributed by atoms with Gasteiger partial charge < -0.3 is 0 Å². The van der Waals surface area contributed by atoms with Crippen molar-refractivity contribution in [2.45, 2.75) is 54.4 Å². The average molecular weight is 781 g/mol. The van der Waals surface area contributed by atoms with Crippen molar-refractivity contribution in [2.24, 2.45) is 0 Å². The van der Waals surface area contributed by atoms with Gasteiger partial charge in [0.05, 0.1) is 0 Å². The van der Waals surface area contributed by atoms with Crippen LogP contribution in [-0.2, 0) is 12.8 Å². The topological polar surface area (TPSA) is 0 Å². The first-order valence-corrected chi connectivity index (χ1v) is 21.1. The van der Waals surface area contributed by atoms with Crippen LogP contribution in [0.3, 0.4) is 0 Å². The second-order valence-electron chi connectivity index (χ2n) is 14.4. The normalized spacial score (nSPS) is 11.3. The summed E-state index contributed by atoms with van der Waals surface area (Å²) in [6.45, 7) is 8.52. The smallest absolute Gasteiger partial charge is 0.00673 e. The van der Waals surface area contributed by atoms with Crippen LogP contribution < -0.4 is 0 Å². The molecule has 0 amide bonds. The van der Waals surface area contributed by atoms with Crippen LogP contribution in [0.25, 0.3) is 44.5 Å². The van der Waals surface area contributed by atoms with E-state index in [1.54, 1.807) is 0 Å². The van der Waals surface area contributed by atoms with Gasteiger partial charge >= 0.3 is 0 Å². The molecule has 0 heterocycles. The number of hydrogen-bond acceptors (Lipinski definition) is 0. The number of rotatable bonds is 11. The molecule has 0 aliphatic rings. The highest BCUT2D eigenvalue weighted by Gasteiger charge is 2.19. The zero-order valence-electron chi connectivity index (χ0n) is 35.1. The summed E-state index contributed by atoms with van der Waals surface area (Å²) in [7, 11) is 0. The highest BCUT2D eigenvalue weighted by Crippen LogP contribution is 2.42. The lowest BCUT2D eigenvalue weighted by molar-refractivity contribution is 0.821. The van der Waals surface area contributed by atoms with Gasteiger partial charge in [-0.2, -0.15) is 0 Å². The number of benzene rings is 8. The fraction of sp³-hybridized carbons (Fsp3) is 0.133. The summed E-state index contributed by atoms with van der Waals surface area (Å²) in [4.78, 5) is 0. The lowest BCUT2D eigenvalue weighted by Crippen LogP contribution is -1.98. The van der Waals surface area contributed by atoms with Crippen LogP contribution in [0.15, 0.2) is 231 Å². The molecule has 8 rings (SSSR count). The summed E-state index contributed by atoms with van der Waals surface area (Å²) in [5, 5.41) is 0. The molecule has 0 atom stereocenters. The maximum absolute atomic E-state index is 2.26. The molecule has 8 aromatic carbocycles. The van der Waals surface area contributed by atoms with Gasteiger partial charge in [-0.25, -0.2) is 0 Å². The Morgan fingerprint density at radius 2 is 0.533 bits per heavy atom. The molecule has 0 saturated heterocycles. The Morgan fingerprint density at radius 1 is 0.283 bits per heavy atom. The maximum atomic E-state index is 2.26. The Bertz CT molecular complexity index is 2280. The fourth-order valence-corrected chi connectivity index (χ4v) is 7.47. The highest BCUT2D eigenvalue weighted by molar-refractivity contribution is 6.21. The van der Waals surface area contributed by atoms with E-state index >= 15 is 0 Å². The first kappa shape index (κ1) is 44.3. The van der Waals surface area contributed by atoms with Crippen molar-refractivity contribution < 1.29 is 0 Å². The van der Waals surface area contributed by atoms with Crippen molar-refractivity contribution in [2.75, 3.05) is 0 Å². The van der Waals surface area contributed by atoms with Gasteiger partial charge in [0, 0.05) is 0 Å². The van der Waals surface area contributed by atoms with Crippen LogP contribution in [-0.4, -0.2) is 0 Å². The Balaban J connectivity index is 0.000000318. The Hall–Kier alpha value is -6.76. The average Bonchev–Trinajstić information content (AvgIpc) is 3.33. The molecule has 0 unspecified atom stereocenters. The molecule has 0 nitrogen and oxygen atoms in total. The number of aryl methyl sites for hydroxylation is 2. The third kappa shape index (κ3) is 12.1. The molecular formula is C60H60. The van der Waals surface area contributed by atoms with E-state index in [1.807, 2.05) is 13.8 Å². The van der Waals surface area contributed by atoms with Gasteiger partial charge in [-0.3, -0.25) is 0 Å². The lowest BCUT2D eigenvalue weighted by Gasteiger charge is -2.21. The van der Waals surface area contributed by atoms with E-state index in [-0.39, 0.29) is 7.43 Å². The molecule has 0 radical (unpaired) electrons. The fourth-order valence-electron chi connectivity index (χ4n) is 7.47. The second-order valence-corrected chi connectivity index (χ2v) is 14.4. The van der Waals surface area contributed by atoms with Crippen LogP contribution in [0.1, 0.15) is 74.9 Å². The van der Waals surface area contributed by atoms with E-state index in [0.29, 0.717) is 0 Å². The van der Waals surface area contributed by atoms with Crippen molar-refractivity contribution in [1.82, 2.24) is 0 Å². The molecule has 0 spiro atoms. The van der Waals surface area contributed by atoms with Crippen molar-refractivity contribution >= 4 is 22.3 Å². The standard InChI is InChI=1S/C42H34.C15H16.C2H6.CH4/c1-31(33-23-27-37(28-24-33)35-15-7-3-8-16-35)41(39-19-11-5-12-20-39)42(40-21-13-6-14-22-40)32(2)34-25-29-38(30-26-34)36-17-9-4-10-18-36;1-3-8-14(9-4-1)12-7-13-15-10-5-2-6-11-15;1-2;/h3-30H,1-2H3;1-6,8-11H,7,12-13H2;1-2H3;1H4/b41-31+,42-32+;;;. The van der Waals surface area contributed by atoms with Gasteiger partial charge in [-0.05, 0) is 111 Å². The van der Waals surface area contributed by atoms with E-state index in [1.165, 1.54) is 97.2 Å². The third-order valence-electron chi connectivity index (χ3n) is 10.6. The van der Waals surface area contributed by atoms with Crippen LogP contribution >= 0.6 is 0 Å². The van der Waals surface area contributed by atoms with Gasteiger partial charge in [-0.1, -0.05) is 252 Å². The minimum Gasteiger partial charge on any atom is -0.0776 e. The minimum absolute atomic E-state index is 0. The molecule has 0 aromatic heterocycles. The first-order valence-electron chi connectivity index (χ1n) is 21.1. The van der Waals surface area contributed by atoms with Gasteiger partial charge in [-0.15, -0.1) is 0 Å². The number of hydrogen-bond donors (Lipinski definition) is 0. The molecule has 60 heavy (non-hydrogen) atoms. The largest absolute Gasteiger partial charge is 0.0776 e. The minimum atomic E-state index is 0. The lowest BCUT2D eigenvalue weighted by atomic mass is 9.82. The van der Waals surface area contributed by atoms with Crippen LogP contribution in [0, 0.1) is 0 Å². The maximum Gasteiger partial charge on any atom is -0.00673 e. The van der Waals surface area contributed by atoms with Crippen LogP contribution in [0.2, 0.25) is 0 Å². The predicted octanol–water partition coefficient (Wildman–Crippen LogP) is 17.1. The zero-order valence-corrected chi connectivity index (χ0v) is 35.1. The van der Waals surface area contributed by atoms with E-state index in [9.17, 15) is 0 Å². The molecular weight excluding hydrogens is 721 g/mol. The molecule has 0 aliphatic heterocycles. The van der Waals surface area contributed by atoms with Crippen molar-refractivity contribution in [1.29, 1.82) is 0 Å². The molecule has 0 N–H and O–H groups in total. The van der Waals surface area contributed by atoms with Gasteiger partial charge in [0.2, 0.25) is 0 Å². The summed E-state index contributed by atoms with van der Waals surface area (Å²) in [6.07, 6.45) is 3.58. The summed E-state index contributed by atoms with van der Waals surface area (Å²) in [5.74, 6) is 0. The molecule has 0 bridgehead atoms. The monoisotopic (exact) mass is 780 g/mol. The van der Waals surface area contributed by atoms with E-state index in [2.05, 4.69) is 244 Å².